The second-order valence-corrected chi connectivity index (χ2v) is 15.9. The number of ether oxygens (including phenoxy) is 2. The van der Waals surface area contributed by atoms with Crippen molar-refractivity contribution in [1.82, 2.24) is 30.6 Å². The summed E-state index contributed by atoms with van der Waals surface area (Å²) in [7, 11) is 3.03. The molecular weight excluding hydrogens is 747 g/mol. The monoisotopic (exact) mass is 807 g/mol. The van der Waals surface area contributed by atoms with Gasteiger partial charge >= 0.3 is 5.97 Å². The number of carbonyl (C=O) groups is 3. The second-order valence-electron chi connectivity index (χ2n) is 15.9. The fraction of sp³-hybridized carbons (Fsp3) is 0.457. The number of allylic oxidation sites excluding steroid dienone is 3. The van der Waals surface area contributed by atoms with Gasteiger partial charge in [-0.25, -0.2) is 4.98 Å². The van der Waals surface area contributed by atoms with Crippen LogP contribution in [-0.4, -0.2) is 89.9 Å². The number of nitrogens with zero attached hydrogens (tertiary/aromatic N) is 2. The molecule has 2 amide bonds. The Hall–Kier alpha value is -5.37. The number of amides is 2. The van der Waals surface area contributed by atoms with E-state index < -0.39 is 11.3 Å². The van der Waals surface area contributed by atoms with E-state index in [0.717, 1.165) is 66.7 Å². The highest BCUT2D eigenvalue weighted by Gasteiger charge is 2.47. The summed E-state index contributed by atoms with van der Waals surface area (Å²) in [6, 6.07) is 8.05. The largest absolute Gasteiger partial charge is 0.469 e. The number of aromatic amines is 2. The first-order chi connectivity index (χ1) is 28.2. The molecule has 13 heteroatoms. The van der Waals surface area contributed by atoms with Crippen LogP contribution < -0.4 is 16.4 Å². The number of methoxy groups -OCH3 is 2. The number of esters is 1. The Bertz CT molecular complexity index is 2320. The number of H-pyrrole nitrogens is 2. The quantitative estimate of drug-likeness (QED) is 0.0782. The van der Waals surface area contributed by atoms with E-state index in [2.05, 4.69) is 47.1 Å². The first kappa shape index (κ1) is 44.7. The van der Waals surface area contributed by atoms with Gasteiger partial charge in [0.15, 0.2) is 0 Å². The highest BCUT2D eigenvalue weighted by Crippen LogP contribution is 2.46. The van der Waals surface area contributed by atoms with Crippen molar-refractivity contribution >= 4 is 57.1 Å². The lowest BCUT2D eigenvalue weighted by Crippen LogP contribution is -2.44. The SMILES string of the molecule is C=Cc1c(C)c2cc(C)nc(C3(C)CC(C)C=C(COC)C3C(=O)OC)cc3[nH]c(cc4nc(cc1[nH]2)C(C)=C4CCC(=O)NCCN)c(CCC(=O)NCCO)c3C. The summed E-state index contributed by atoms with van der Waals surface area (Å²) in [5, 5.41) is 15.0. The molecule has 5 rings (SSSR count). The molecule has 3 aromatic heterocycles. The molecule has 1 aliphatic carbocycles. The lowest BCUT2D eigenvalue weighted by atomic mass is 9.62. The lowest BCUT2D eigenvalue weighted by Gasteiger charge is -2.42. The van der Waals surface area contributed by atoms with E-state index in [1.54, 1.807) is 7.11 Å². The third kappa shape index (κ3) is 9.92. The van der Waals surface area contributed by atoms with Gasteiger partial charge in [0.25, 0.3) is 0 Å². The van der Waals surface area contributed by atoms with Crippen LogP contribution in [0, 0.1) is 32.6 Å². The van der Waals surface area contributed by atoms with Gasteiger partial charge in [-0.2, -0.15) is 0 Å². The predicted molar refractivity (Wildman–Crippen MR) is 234 cm³/mol. The number of aromatic nitrogens is 4. The highest BCUT2D eigenvalue weighted by atomic mass is 16.5. The van der Waals surface area contributed by atoms with E-state index >= 15 is 0 Å². The van der Waals surface area contributed by atoms with Crippen molar-refractivity contribution in [3.8, 4) is 0 Å². The van der Waals surface area contributed by atoms with Crippen LogP contribution in [0.25, 0.3) is 39.3 Å². The van der Waals surface area contributed by atoms with Gasteiger partial charge in [-0.05, 0) is 111 Å². The first-order valence-corrected chi connectivity index (χ1v) is 20.3. The van der Waals surface area contributed by atoms with Crippen LogP contribution in [0.2, 0.25) is 0 Å². The zero-order chi connectivity index (χ0) is 43.0. The number of aliphatic hydroxyl groups excluding tert-OH is 1. The van der Waals surface area contributed by atoms with E-state index in [1.807, 2.05) is 58.0 Å². The molecule has 3 unspecified atom stereocenters. The summed E-state index contributed by atoms with van der Waals surface area (Å²) in [5.41, 5.74) is 17.4. The topological polar surface area (TPSA) is 197 Å². The fourth-order valence-corrected chi connectivity index (χ4v) is 8.67. The van der Waals surface area contributed by atoms with Crippen LogP contribution >= 0.6 is 0 Å². The molecule has 4 heterocycles. The number of aliphatic hydroxyl groups is 1. The van der Waals surface area contributed by atoms with Gasteiger partial charge in [0.2, 0.25) is 11.8 Å². The molecule has 6 bridgehead atoms. The van der Waals surface area contributed by atoms with E-state index in [9.17, 15) is 19.5 Å². The molecule has 0 spiro atoms. The molecule has 7 N–H and O–H groups in total. The number of nitrogens with two attached hydrogens (primary N) is 1. The smallest absolute Gasteiger partial charge is 0.313 e. The third-order valence-electron chi connectivity index (χ3n) is 11.6. The normalized spacial score (nSPS) is 18.3. The van der Waals surface area contributed by atoms with Gasteiger partial charge in [0.05, 0.1) is 37.6 Å². The maximum Gasteiger partial charge on any atom is 0.313 e. The molecule has 0 aromatic carbocycles. The van der Waals surface area contributed by atoms with Crippen molar-refractivity contribution in [2.45, 2.75) is 79.1 Å². The lowest BCUT2D eigenvalue weighted by molar-refractivity contribution is -0.147. The summed E-state index contributed by atoms with van der Waals surface area (Å²) in [6.45, 7) is 17.4. The molecule has 0 saturated heterocycles. The Morgan fingerprint density at radius 2 is 1.59 bits per heavy atom. The van der Waals surface area contributed by atoms with E-state index in [4.69, 9.17) is 25.2 Å². The molecule has 3 atom stereocenters. The molecule has 13 nitrogen and oxygen atoms in total. The Balaban J connectivity index is 1.91. The summed E-state index contributed by atoms with van der Waals surface area (Å²) < 4.78 is 11.1. The van der Waals surface area contributed by atoms with Crippen LogP contribution in [0.15, 0.2) is 42.5 Å². The number of nitrogens with one attached hydrogen (secondary N) is 4. The Morgan fingerprint density at radius 3 is 2.25 bits per heavy atom. The molecule has 0 saturated carbocycles. The number of hydrogen-bond acceptors (Lipinski definition) is 9. The third-order valence-corrected chi connectivity index (χ3v) is 11.6. The Labute approximate surface area is 347 Å². The zero-order valence-electron chi connectivity index (χ0n) is 35.9. The van der Waals surface area contributed by atoms with Crippen molar-refractivity contribution < 1.29 is 29.0 Å². The van der Waals surface area contributed by atoms with Crippen molar-refractivity contribution in [2.75, 3.05) is 47.1 Å². The number of carbonyl (C=O) groups excluding carboxylic acids is 3. The summed E-state index contributed by atoms with van der Waals surface area (Å²) in [4.78, 5) is 57.4. The van der Waals surface area contributed by atoms with Crippen molar-refractivity contribution in [3.63, 3.8) is 0 Å². The van der Waals surface area contributed by atoms with Gasteiger partial charge in [-0.15, -0.1) is 0 Å². The van der Waals surface area contributed by atoms with Crippen LogP contribution in [0.4, 0.5) is 0 Å². The minimum atomic E-state index is -0.825. The standard InChI is InChI=1S/C46H61N7O6/c1-10-32-28(4)35-20-27(3)50-41(46(7)24-26(2)19-31(25-58-8)44(46)45(57)59-9)23-37-30(6)34(12-14-43(56)49-17-18-54)40(53-37)22-39-33(11-13-42(55)48-16-15-47)29(5)36(52-39)21-38(32)51-35/h10,19-23,26,44,51,53-54H,1,11-18,24-25,47H2,2-9H3,(H,48,55)(H,49,56). The van der Waals surface area contributed by atoms with Gasteiger partial charge in [-0.1, -0.05) is 32.6 Å². The van der Waals surface area contributed by atoms with E-state index in [1.165, 1.54) is 7.11 Å². The molecular formula is C46H61N7O6. The van der Waals surface area contributed by atoms with E-state index in [-0.39, 0.29) is 56.3 Å². The Morgan fingerprint density at radius 1 is 0.932 bits per heavy atom. The minimum Gasteiger partial charge on any atom is -0.469 e. The van der Waals surface area contributed by atoms with Crippen LogP contribution in [-0.2, 0) is 35.7 Å². The average Bonchev–Trinajstić information content (AvgIpc) is 3.77. The van der Waals surface area contributed by atoms with Crippen molar-refractivity contribution in [3.05, 3.63) is 87.5 Å². The number of fused-ring (bicyclic) bond motifs is 6. The molecule has 3 aromatic rings. The number of rotatable bonds is 15. The summed E-state index contributed by atoms with van der Waals surface area (Å²) in [6.07, 6.45) is 5.82. The van der Waals surface area contributed by atoms with Crippen molar-refractivity contribution in [1.29, 1.82) is 0 Å². The average molecular weight is 808 g/mol. The molecule has 2 aliphatic rings. The van der Waals surface area contributed by atoms with Gasteiger partial charge in [0, 0.05) is 84.0 Å². The fourth-order valence-electron chi connectivity index (χ4n) is 8.67. The predicted octanol–water partition coefficient (Wildman–Crippen LogP) is 6.06. The van der Waals surface area contributed by atoms with Crippen LogP contribution in [0.5, 0.6) is 0 Å². The van der Waals surface area contributed by atoms with Crippen molar-refractivity contribution in [2.24, 2.45) is 17.6 Å². The first-order valence-electron chi connectivity index (χ1n) is 20.3. The minimum absolute atomic E-state index is 0.0973. The molecule has 59 heavy (non-hydrogen) atoms. The van der Waals surface area contributed by atoms with E-state index in [0.29, 0.717) is 49.4 Å². The summed E-state index contributed by atoms with van der Waals surface area (Å²) >= 11 is 0. The number of hydrogen-bond donors (Lipinski definition) is 6. The zero-order valence-corrected chi connectivity index (χ0v) is 35.9. The second kappa shape index (κ2) is 19.6. The maximum absolute atomic E-state index is 13.8. The number of aryl methyl sites for hydroxylation is 4. The molecule has 316 valence electrons. The highest BCUT2D eigenvalue weighted by molar-refractivity contribution is 5.95. The molecule has 0 radical (unpaired) electrons. The van der Waals surface area contributed by atoms with Gasteiger partial charge in [0.1, 0.15) is 0 Å². The van der Waals surface area contributed by atoms with Crippen LogP contribution in [0.1, 0.15) is 91.5 Å². The van der Waals surface area contributed by atoms with Gasteiger partial charge < -0.3 is 40.9 Å². The van der Waals surface area contributed by atoms with Crippen LogP contribution in [0.3, 0.4) is 0 Å². The molecule has 1 aliphatic heterocycles. The maximum atomic E-state index is 13.8. The Kier molecular flexibility index (Phi) is 14.8. The van der Waals surface area contributed by atoms with Gasteiger partial charge in [-0.3, -0.25) is 19.4 Å². The molecule has 0 fully saturated rings. The summed E-state index contributed by atoms with van der Waals surface area (Å²) in [5.74, 6) is -1.22.